The minimum atomic E-state index is -5.13. The van der Waals surface area contributed by atoms with E-state index in [-0.39, 0.29) is 49.0 Å². The van der Waals surface area contributed by atoms with Gasteiger partial charge in [-0.1, -0.05) is 48.5 Å². The number of nitrogens with zero attached hydrogens (tertiary/aromatic N) is 5. The van der Waals surface area contributed by atoms with E-state index in [4.69, 9.17) is 18.9 Å². The lowest BCUT2D eigenvalue weighted by Gasteiger charge is -2.29. The van der Waals surface area contributed by atoms with Crippen molar-refractivity contribution in [1.82, 2.24) is 29.8 Å². The Balaban J connectivity index is 1.55. The molecule has 60 heavy (non-hydrogen) atoms. The summed E-state index contributed by atoms with van der Waals surface area (Å²) in [6, 6.07) is 21.9. The van der Waals surface area contributed by atoms with E-state index in [9.17, 15) is 4.79 Å². The van der Waals surface area contributed by atoms with E-state index in [1.165, 1.54) is 32.1 Å². The first kappa shape index (κ1) is 43.6. The lowest BCUT2D eigenvalue weighted by molar-refractivity contribution is -0.139. The molecule has 1 aliphatic rings. The summed E-state index contributed by atoms with van der Waals surface area (Å²) in [6.07, 6.45) is -2.96. The Bertz CT molecular complexity index is 2360. The van der Waals surface area contributed by atoms with Gasteiger partial charge in [0.1, 0.15) is 27.7 Å². The van der Waals surface area contributed by atoms with Crippen molar-refractivity contribution in [3.63, 3.8) is 0 Å². The molecule has 4 aromatic carbocycles. The van der Waals surface area contributed by atoms with Crippen LogP contribution >= 0.6 is 0 Å². The number of halogens is 3. The van der Waals surface area contributed by atoms with Crippen LogP contribution < -0.4 is 19.5 Å². The maximum Gasteiger partial charge on any atom is 0.417 e. The van der Waals surface area contributed by atoms with Crippen LogP contribution in [0.5, 0.6) is 17.2 Å². The zero-order chi connectivity index (χ0) is 43.2. The number of nitrogens with one attached hydrogen (secondary N) is 1. The van der Waals surface area contributed by atoms with Crippen LogP contribution in [0.1, 0.15) is 67.9 Å². The van der Waals surface area contributed by atoms with Crippen LogP contribution in [-0.4, -0.2) is 72.0 Å². The predicted octanol–water partition coefficient (Wildman–Crippen LogP) is 8.28. The van der Waals surface area contributed by atoms with Crippen molar-refractivity contribution >= 4 is 21.7 Å². The molecule has 0 fully saturated rings. The summed E-state index contributed by atoms with van der Waals surface area (Å²) in [5.41, 5.74) is 0.0459. The number of sulfonamides is 1. The molecule has 1 N–H and O–H groups in total. The Kier molecular flexibility index (Phi) is 13.2. The van der Waals surface area contributed by atoms with Crippen LogP contribution in [0.25, 0.3) is 17.0 Å². The number of hydrogen-bond acceptors (Lipinski definition) is 10. The molecule has 0 spiro atoms. The largest absolute Gasteiger partial charge is 0.497 e. The molecular formula is C43H47F3N6O7S. The van der Waals surface area contributed by atoms with Crippen LogP contribution in [0.15, 0.2) is 95.9 Å². The van der Waals surface area contributed by atoms with Crippen molar-refractivity contribution in [2.45, 2.75) is 82.4 Å². The van der Waals surface area contributed by atoms with Crippen LogP contribution in [0.3, 0.4) is 0 Å². The van der Waals surface area contributed by atoms with Gasteiger partial charge >= 0.3 is 12.3 Å². The Morgan fingerprint density at radius 3 is 1.82 bits per heavy atom. The number of methoxy groups -OCH3 is 3. The van der Waals surface area contributed by atoms with Crippen LogP contribution in [-0.2, 0) is 40.6 Å². The summed E-state index contributed by atoms with van der Waals surface area (Å²) in [5.74, 6) is 1.44. The Morgan fingerprint density at radius 2 is 1.35 bits per heavy atom. The van der Waals surface area contributed by atoms with Gasteiger partial charge < -0.3 is 24.3 Å². The number of alkyl halides is 3. The molecule has 0 bridgehead atoms. The Hall–Kier alpha value is -5.94. The van der Waals surface area contributed by atoms with Gasteiger partial charge in [0, 0.05) is 24.7 Å². The van der Waals surface area contributed by atoms with E-state index in [1.807, 2.05) is 0 Å². The predicted molar refractivity (Wildman–Crippen MR) is 218 cm³/mol. The van der Waals surface area contributed by atoms with E-state index in [0.717, 1.165) is 10.4 Å². The molecule has 0 saturated carbocycles. The van der Waals surface area contributed by atoms with Gasteiger partial charge in [-0.2, -0.15) is 17.5 Å². The molecule has 0 aliphatic heterocycles. The van der Waals surface area contributed by atoms with Gasteiger partial charge in [0.05, 0.1) is 33.4 Å². The number of hydrogen-bond donors (Lipinski definition) is 1. The van der Waals surface area contributed by atoms with E-state index in [1.54, 1.807) is 99.6 Å². The molecular weight excluding hydrogens is 802 g/mol. The monoisotopic (exact) mass is 848 g/mol. The minimum Gasteiger partial charge on any atom is -0.497 e. The summed E-state index contributed by atoms with van der Waals surface area (Å²) in [7, 11) is -0.576. The quantitative estimate of drug-likeness (QED) is 0.116. The molecule has 1 heterocycles. The smallest absolute Gasteiger partial charge is 0.417 e. The fourth-order valence-corrected chi connectivity index (χ4v) is 8.68. The number of aromatic nitrogens is 4. The molecule has 17 heteroatoms. The third-order valence-electron chi connectivity index (χ3n) is 9.82. The topological polar surface area (TPSA) is 147 Å². The summed E-state index contributed by atoms with van der Waals surface area (Å²) in [6.45, 7) is 4.65. The highest BCUT2D eigenvalue weighted by Gasteiger charge is 2.43. The molecule has 318 valence electrons. The number of allylic oxidation sites excluding steroid dienone is 1. The second-order valence-electron chi connectivity index (χ2n) is 15.2. The fraction of sp³-hybridized carbons (Fsp3) is 0.349. The highest BCUT2D eigenvalue weighted by molar-refractivity contribution is 7.89. The third kappa shape index (κ3) is 10.4. The van der Waals surface area contributed by atoms with Crippen LogP contribution in [0.4, 0.5) is 18.0 Å². The van der Waals surface area contributed by atoms with Crippen molar-refractivity contribution in [2.24, 2.45) is 0 Å². The molecule has 5 aromatic rings. The number of carbonyl (C=O) groups excluding carboxylic acids is 1. The van der Waals surface area contributed by atoms with Crippen molar-refractivity contribution < 1.29 is 45.3 Å². The average molecular weight is 849 g/mol. The van der Waals surface area contributed by atoms with Crippen molar-refractivity contribution in [3.8, 4) is 28.6 Å². The van der Waals surface area contributed by atoms with Crippen molar-refractivity contribution in [1.29, 1.82) is 0 Å². The van der Waals surface area contributed by atoms with Crippen molar-refractivity contribution in [3.05, 3.63) is 119 Å². The maximum atomic E-state index is 15.4. The van der Waals surface area contributed by atoms with Crippen molar-refractivity contribution in [2.75, 3.05) is 21.3 Å². The average Bonchev–Trinajstić information content (AvgIpc) is 3.67. The summed E-state index contributed by atoms with van der Waals surface area (Å²) in [5, 5.41) is 15.1. The number of tetrazole rings is 1. The van der Waals surface area contributed by atoms with E-state index >= 15 is 21.6 Å². The Labute approximate surface area is 347 Å². The molecule has 0 radical (unpaired) electrons. The van der Waals surface area contributed by atoms with Gasteiger partial charge in [-0.3, -0.25) is 0 Å². The van der Waals surface area contributed by atoms with E-state index < -0.39 is 38.4 Å². The molecule has 13 nitrogen and oxygen atoms in total. The molecule has 1 aromatic heterocycles. The highest BCUT2D eigenvalue weighted by atomic mass is 32.2. The van der Waals surface area contributed by atoms with E-state index in [2.05, 4.69) is 20.8 Å². The third-order valence-corrected chi connectivity index (χ3v) is 11.7. The summed E-state index contributed by atoms with van der Waals surface area (Å²) < 4.78 is 101. The van der Waals surface area contributed by atoms with Gasteiger partial charge in [-0.25, -0.2) is 17.9 Å². The van der Waals surface area contributed by atoms with Gasteiger partial charge in [0.2, 0.25) is 10.0 Å². The lowest BCUT2D eigenvalue weighted by Crippen LogP contribution is -2.39. The normalized spacial score (nSPS) is 14.7. The fourth-order valence-electron chi connectivity index (χ4n) is 6.87. The number of alkyl carbamates (subject to hydrolysis) is 1. The number of amides is 1. The second kappa shape index (κ2) is 18.1. The van der Waals surface area contributed by atoms with Gasteiger partial charge in [-0.15, -0.1) is 5.10 Å². The molecule has 0 saturated heterocycles. The minimum absolute atomic E-state index is 0.0101. The molecule has 1 amide bonds. The molecule has 6 rings (SSSR count). The van der Waals surface area contributed by atoms with Gasteiger partial charge in [0.15, 0.2) is 5.82 Å². The SMILES string of the molecule is COc1ccc(CN(Cc2ccc(OC)cc2)S(=O)(=O)c2c(C(F)(F)F)ccc(C3=CCC(NC(=O)OC(C)(C)C)CC3)c2-c2nnnn2Cc2ccc(OC)cc2)cc1. The zero-order valence-electron chi connectivity index (χ0n) is 34.1. The lowest BCUT2D eigenvalue weighted by atomic mass is 9.87. The number of ether oxygens (including phenoxy) is 4. The first-order valence-corrected chi connectivity index (χ1v) is 20.5. The van der Waals surface area contributed by atoms with Crippen LogP contribution in [0.2, 0.25) is 0 Å². The number of carbonyl (C=O) groups is 1. The standard InChI is InChI=1S/C43H47F3N6O7S/c1-42(2,3)59-41(53)47-32-15-13-31(14-16-32)36-23-24-37(43(44,45)46)39(38(36)40-48-49-50-52(40)27-30-11-21-35(58-6)22-12-30)60(54,55)51(25-28-7-17-33(56-4)18-8-28)26-29-9-19-34(57-5)20-10-29/h7-13,17-24,32H,14-16,25-27H2,1-6H3,(H,47,53). The molecule has 1 unspecified atom stereocenters. The van der Waals surface area contributed by atoms with Gasteiger partial charge in [0.25, 0.3) is 0 Å². The Morgan fingerprint density at radius 1 is 0.817 bits per heavy atom. The zero-order valence-corrected chi connectivity index (χ0v) is 34.9. The first-order chi connectivity index (χ1) is 28.5. The number of benzene rings is 4. The second-order valence-corrected chi connectivity index (χ2v) is 17.1. The summed E-state index contributed by atoms with van der Waals surface area (Å²) >= 11 is 0. The van der Waals surface area contributed by atoms with Crippen LogP contribution in [0, 0.1) is 0 Å². The van der Waals surface area contributed by atoms with E-state index in [0.29, 0.717) is 52.4 Å². The summed E-state index contributed by atoms with van der Waals surface area (Å²) in [4.78, 5) is 11.6. The molecule has 1 atom stereocenters. The highest BCUT2D eigenvalue weighted by Crippen LogP contribution is 2.45. The maximum absolute atomic E-state index is 15.4. The first-order valence-electron chi connectivity index (χ1n) is 19.1. The van der Waals surface area contributed by atoms with Gasteiger partial charge in [-0.05, 0) is 121 Å². The molecule has 1 aliphatic carbocycles. The number of rotatable bonds is 14.